The molecule has 0 saturated carbocycles. The van der Waals surface area contributed by atoms with Crippen LogP contribution in [0.5, 0.6) is 11.5 Å². The van der Waals surface area contributed by atoms with Crippen molar-refractivity contribution in [3.63, 3.8) is 0 Å². The molecule has 0 bridgehead atoms. The molecule has 254 valence electrons. The molecule has 1 amide bonds. The Morgan fingerprint density at radius 2 is 1.20 bits per heavy atom. The maximum Gasteiger partial charge on any atom is 0.251 e. The fourth-order valence-electron chi connectivity index (χ4n) is 5.00. The van der Waals surface area contributed by atoms with Gasteiger partial charge in [-0.1, -0.05) is 101 Å². The molecule has 0 aliphatic rings. The lowest BCUT2D eigenvalue weighted by Crippen LogP contribution is -2.33. The Morgan fingerprint density at radius 1 is 0.689 bits per heavy atom. The molecule has 3 N–H and O–H groups in total. The highest BCUT2D eigenvalue weighted by Gasteiger charge is 2.12. The summed E-state index contributed by atoms with van der Waals surface area (Å²) in [4.78, 5) is 14.9. The molecule has 0 fully saturated rings. The Bertz CT molecular complexity index is 940. The third-order valence-corrected chi connectivity index (χ3v) is 7.56. The average molecular weight is 627 g/mol. The van der Waals surface area contributed by atoms with Gasteiger partial charge in [-0.25, -0.2) is 0 Å². The summed E-state index contributed by atoms with van der Waals surface area (Å²) < 4.78 is 12.3. The molecular formula is C38H62N2O5. The van der Waals surface area contributed by atoms with Crippen molar-refractivity contribution in [2.75, 3.05) is 52.6 Å². The average Bonchev–Trinajstić information content (AvgIpc) is 3.05. The number of aliphatic hydroxyl groups is 2. The number of allylic oxidation sites excluding steroid dienone is 6. The molecule has 45 heavy (non-hydrogen) atoms. The number of nitrogens with zero attached hydrogens (tertiary/aromatic N) is 1. The Balaban J connectivity index is 2.54. The van der Waals surface area contributed by atoms with Crippen molar-refractivity contribution in [2.24, 2.45) is 0 Å². The Kier molecular flexibility index (Phi) is 26.6. The summed E-state index contributed by atoms with van der Waals surface area (Å²) in [6.07, 6.45) is 29.0. The predicted molar refractivity (Wildman–Crippen MR) is 188 cm³/mol. The van der Waals surface area contributed by atoms with E-state index >= 15 is 0 Å². The van der Waals surface area contributed by atoms with Crippen molar-refractivity contribution in [1.29, 1.82) is 0 Å². The molecule has 7 heteroatoms. The Labute approximate surface area is 274 Å². The van der Waals surface area contributed by atoms with Gasteiger partial charge in [-0.05, 0) is 69.7 Å². The zero-order chi connectivity index (χ0) is 32.6. The van der Waals surface area contributed by atoms with Crippen LogP contribution in [0.25, 0.3) is 0 Å². The number of hydrogen-bond acceptors (Lipinski definition) is 6. The highest BCUT2D eigenvalue weighted by Crippen LogP contribution is 2.29. The van der Waals surface area contributed by atoms with Gasteiger partial charge < -0.3 is 25.0 Å². The molecule has 0 radical (unpaired) electrons. The normalized spacial score (nSPS) is 11.4. The summed E-state index contributed by atoms with van der Waals surface area (Å²) in [5.74, 6) is 1.17. The monoisotopic (exact) mass is 626 g/mol. The van der Waals surface area contributed by atoms with Crippen LogP contribution in [0.1, 0.15) is 107 Å². The van der Waals surface area contributed by atoms with Crippen LogP contribution in [0.3, 0.4) is 0 Å². The van der Waals surface area contributed by atoms with Gasteiger partial charge in [-0.3, -0.25) is 9.69 Å². The van der Waals surface area contributed by atoms with Gasteiger partial charge >= 0.3 is 0 Å². The smallest absolute Gasteiger partial charge is 0.251 e. The molecular weight excluding hydrogens is 564 g/mol. The molecule has 7 nitrogen and oxygen atoms in total. The predicted octanol–water partition coefficient (Wildman–Crippen LogP) is 7.80. The molecule has 0 aliphatic heterocycles. The van der Waals surface area contributed by atoms with E-state index in [4.69, 9.17) is 9.47 Å². The van der Waals surface area contributed by atoms with E-state index in [0.717, 1.165) is 44.9 Å². The molecule has 0 atom stereocenters. The lowest BCUT2D eigenvalue weighted by Gasteiger charge is -2.20. The number of amides is 1. The van der Waals surface area contributed by atoms with Crippen LogP contribution < -0.4 is 14.8 Å². The first-order chi connectivity index (χ1) is 22.2. The van der Waals surface area contributed by atoms with Gasteiger partial charge in [0.05, 0.1) is 26.4 Å². The third kappa shape index (κ3) is 22.3. The van der Waals surface area contributed by atoms with Crippen LogP contribution in [-0.2, 0) is 0 Å². The van der Waals surface area contributed by atoms with E-state index in [0.29, 0.717) is 56.5 Å². The number of hydrogen-bond donors (Lipinski definition) is 3. The van der Waals surface area contributed by atoms with Crippen molar-refractivity contribution in [3.05, 3.63) is 73.4 Å². The number of nitrogens with one attached hydrogen (secondary N) is 1. The van der Waals surface area contributed by atoms with Crippen LogP contribution in [0.15, 0.2) is 67.8 Å². The molecule has 1 aromatic rings. The summed E-state index contributed by atoms with van der Waals surface area (Å²) in [7, 11) is 0. The molecule has 0 spiro atoms. The van der Waals surface area contributed by atoms with Crippen LogP contribution in [0.2, 0.25) is 0 Å². The van der Waals surface area contributed by atoms with E-state index in [2.05, 4.69) is 30.6 Å². The second kappa shape index (κ2) is 29.8. The van der Waals surface area contributed by atoms with Crippen LogP contribution in [0, 0.1) is 0 Å². The highest BCUT2D eigenvalue weighted by molar-refractivity contribution is 5.94. The Morgan fingerprint density at radius 3 is 1.73 bits per heavy atom. The lowest BCUT2D eigenvalue weighted by molar-refractivity contribution is 0.0949. The van der Waals surface area contributed by atoms with E-state index in [1.807, 2.05) is 35.3 Å². The first kappa shape index (κ1) is 40.2. The van der Waals surface area contributed by atoms with Gasteiger partial charge in [0, 0.05) is 25.2 Å². The summed E-state index contributed by atoms with van der Waals surface area (Å²) in [5, 5.41) is 21.3. The van der Waals surface area contributed by atoms with Crippen molar-refractivity contribution < 1.29 is 24.5 Å². The minimum Gasteiger partial charge on any atom is -0.490 e. The molecule has 0 unspecified atom stereocenters. The van der Waals surface area contributed by atoms with E-state index < -0.39 is 0 Å². The van der Waals surface area contributed by atoms with Crippen LogP contribution in [0.4, 0.5) is 0 Å². The van der Waals surface area contributed by atoms with E-state index in [-0.39, 0.29) is 19.1 Å². The van der Waals surface area contributed by atoms with Gasteiger partial charge in [0.1, 0.15) is 0 Å². The van der Waals surface area contributed by atoms with Gasteiger partial charge in [-0.2, -0.15) is 0 Å². The number of ether oxygens (including phenoxy) is 2. The first-order valence-electron chi connectivity index (χ1n) is 17.3. The number of unbranched alkanes of at least 4 members (excludes halogenated alkanes) is 12. The van der Waals surface area contributed by atoms with E-state index in [1.54, 1.807) is 12.1 Å². The number of aliphatic hydroxyl groups excluding tert-OH is 2. The summed E-state index contributed by atoms with van der Waals surface area (Å²) >= 11 is 0. The molecule has 0 saturated heterocycles. The fraction of sp³-hybridized carbons (Fsp3) is 0.605. The number of carbonyl (C=O) groups is 1. The summed E-state index contributed by atoms with van der Waals surface area (Å²) in [6.45, 7) is 11.0. The topological polar surface area (TPSA) is 91.3 Å². The van der Waals surface area contributed by atoms with Crippen LogP contribution in [-0.4, -0.2) is 73.6 Å². The fourth-order valence-corrected chi connectivity index (χ4v) is 5.00. The van der Waals surface area contributed by atoms with Gasteiger partial charge in [0.15, 0.2) is 11.5 Å². The number of rotatable bonds is 31. The second-order valence-corrected chi connectivity index (χ2v) is 11.4. The zero-order valence-corrected chi connectivity index (χ0v) is 27.9. The second-order valence-electron chi connectivity index (χ2n) is 11.4. The maximum absolute atomic E-state index is 12.9. The van der Waals surface area contributed by atoms with Crippen molar-refractivity contribution in [2.45, 2.75) is 96.3 Å². The highest BCUT2D eigenvalue weighted by atomic mass is 16.5. The van der Waals surface area contributed by atoms with Crippen molar-refractivity contribution in [3.8, 4) is 11.5 Å². The van der Waals surface area contributed by atoms with Gasteiger partial charge in [0.2, 0.25) is 0 Å². The number of benzene rings is 1. The molecule has 0 heterocycles. The SMILES string of the molecule is C=C/C=C/CCCCCCCCOc1ccc(C(=O)NCCCN(CCO)CCO)cc1OCCCCCCCC/C=C/C=C. The minimum absolute atomic E-state index is 0.0481. The van der Waals surface area contributed by atoms with Crippen molar-refractivity contribution in [1.82, 2.24) is 10.2 Å². The van der Waals surface area contributed by atoms with Crippen molar-refractivity contribution >= 4 is 5.91 Å². The number of carbonyl (C=O) groups excluding carboxylic acids is 1. The largest absolute Gasteiger partial charge is 0.490 e. The van der Waals surface area contributed by atoms with E-state index in [1.165, 1.54) is 51.4 Å². The quantitative estimate of drug-likeness (QED) is 0.0576. The Hall–Kier alpha value is -2.87. The van der Waals surface area contributed by atoms with E-state index in [9.17, 15) is 15.0 Å². The molecule has 1 rings (SSSR count). The van der Waals surface area contributed by atoms with Gasteiger partial charge in [-0.15, -0.1) is 0 Å². The molecule has 0 aliphatic carbocycles. The van der Waals surface area contributed by atoms with Gasteiger partial charge in [0.25, 0.3) is 5.91 Å². The molecule has 1 aromatic carbocycles. The lowest BCUT2D eigenvalue weighted by atomic mass is 10.1. The summed E-state index contributed by atoms with van der Waals surface area (Å²) in [5.41, 5.74) is 0.549. The molecule has 0 aromatic heterocycles. The first-order valence-corrected chi connectivity index (χ1v) is 17.3. The summed E-state index contributed by atoms with van der Waals surface area (Å²) in [6, 6.07) is 5.45. The maximum atomic E-state index is 12.9. The minimum atomic E-state index is -0.148. The van der Waals surface area contributed by atoms with Crippen LogP contribution >= 0.6 is 0 Å². The third-order valence-electron chi connectivity index (χ3n) is 7.56. The standard InChI is InChI=1S/C38H62N2O5/c1-3-5-7-9-11-13-15-17-19-21-32-44-36-25-24-35(38(43)39-26-23-27-40(28-30-41)29-31-42)34-37(36)45-33-22-20-18-16-14-12-10-8-6-4-2/h3-8,24-25,34,41-42H,1-2,9-23,26-33H2,(H,39,43)/b7-5+,8-6+. The zero-order valence-electron chi connectivity index (χ0n) is 27.9.